The van der Waals surface area contributed by atoms with E-state index in [2.05, 4.69) is 25.2 Å². The summed E-state index contributed by atoms with van der Waals surface area (Å²) in [5.74, 6) is 1.14. The molecule has 1 amide bonds. The first-order valence-electron chi connectivity index (χ1n) is 8.00. The van der Waals surface area contributed by atoms with Crippen LogP contribution in [0.25, 0.3) is 0 Å². The van der Waals surface area contributed by atoms with Crippen LogP contribution in [0, 0.1) is 0 Å². The zero-order valence-corrected chi connectivity index (χ0v) is 12.9. The Hall–Kier alpha value is -2.50. The SMILES string of the molecule is O=C1C[C@H](c2ccncc2)C2(CCN(c3ncccn3)CC2)N1. The van der Waals surface area contributed by atoms with Gasteiger partial charge in [-0.25, -0.2) is 9.97 Å². The number of aromatic nitrogens is 3. The second kappa shape index (κ2) is 5.61. The predicted molar refractivity (Wildman–Crippen MR) is 85.9 cm³/mol. The molecular formula is C17H19N5O. The van der Waals surface area contributed by atoms with Crippen LogP contribution in [0.2, 0.25) is 0 Å². The number of amides is 1. The van der Waals surface area contributed by atoms with Crippen LogP contribution in [-0.2, 0) is 4.79 Å². The zero-order chi connectivity index (χ0) is 15.7. The Bertz CT molecular complexity index is 683. The van der Waals surface area contributed by atoms with Crippen molar-refractivity contribution in [2.75, 3.05) is 18.0 Å². The van der Waals surface area contributed by atoms with Gasteiger partial charge in [-0.15, -0.1) is 0 Å². The predicted octanol–water partition coefficient (Wildman–Crippen LogP) is 1.51. The summed E-state index contributed by atoms with van der Waals surface area (Å²) in [6, 6.07) is 5.88. The van der Waals surface area contributed by atoms with Gasteiger partial charge in [-0.2, -0.15) is 0 Å². The van der Waals surface area contributed by atoms with Crippen molar-refractivity contribution in [3.8, 4) is 0 Å². The lowest BCUT2D eigenvalue weighted by atomic mass is 9.74. The Kier molecular flexibility index (Phi) is 3.44. The van der Waals surface area contributed by atoms with Gasteiger partial charge in [-0.1, -0.05) is 0 Å². The third-order valence-electron chi connectivity index (χ3n) is 5.04. The molecule has 0 aromatic carbocycles. The van der Waals surface area contributed by atoms with Crippen LogP contribution in [0.3, 0.4) is 0 Å². The van der Waals surface area contributed by atoms with Gasteiger partial charge in [0.05, 0.1) is 5.54 Å². The number of hydrogen-bond donors (Lipinski definition) is 1. The molecule has 0 saturated carbocycles. The molecule has 1 spiro atoms. The normalized spacial score (nSPS) is 23.0. The van der Waals surface area contributed by atoms with E-state index in [1.165, 1.54) is 5.56 Å². The quantitative estimate of drug-likeness (QED) is 0.910. The number of hydrogen-bond acceptors (Lipinski definition) is 5. The third-order valence-corrected chi connectivity index (χ3v) is 5.04. The summed E-state index contributed by atoms with van der Waals surface area (Å²) in [5.41, 5.74) is 1.05. The Balaban J connectivity index is 1.56. The summed E-state index contributed by atoms with van der Waals surface area (Å²) < 4.78 is 0. The first-order valence-corrected chi connectivity index (χ1v) is 8.00. The lowest BCUT2D eigenvalue weighted by Crippen LogP contribution is -2.53. The molecule has 1 atom stereocenters. The highest BCUT2D eigenvalue weighted by Gasteiger charge is 2.48. The lowest BCUT2D eigenvalue weighted by Gasteiger charge is -2.42. The molecular weight excluding hydrogens is 290 g/mol. The molecule has 4 rings (SSSR count). The summed E-state index contributed by atoms with van der Waals surface area (Å²) in [6.45, 7) is 1.71. The Labute approximate surface area is 135 Å². The van der Waals surface area contributed by atoms with Crippen LogP contribution in [0.15, 0.2) is 43.0 Å². The highest BCUT2D eigenvalue weighted by Crippen LogP contribution is 2.43. The molecule has 2 aromatic heterocycles. The first-order chi connectivity index (χ1) is 11.3. The number of nitrogens with zero attached hydrogens (tertiary/aromatic N) is 4. The van der Waals surface area contributed by atoms with Crippen LogP contribution in [0.4, 0.5) is 5.95 Å². The van der Waals surface area contributed by atoms with E-state index in [0.717, 1.165) is 31.9 Å². The second-order valence-electron chi connectivity index (χ2n) is 6.28. The Morgan fingerprint density at radius 3 is 2.48 bits per heavy atom. The maximum absolute atomic E-state index is 12.1. The van der Waals surface area contributed by atoms with Gasteiger partial charge in [0.25, 0.3) is 0 Å². The minimum absolute atomic E-state index is 0.149. The van der Waals surface area contributed by atoms with Gasteiger partial charge in [0.15, 0.2) is 0 Å². The molecule has 2 aliphatic heterocycles. The van der Waals surface area contributed by atoms with Gasteiger partial charge < -0.3 is 10.2 Å². The lowest BCUT2D eigenvalue weighted by molar-refractivity contribution is -0.119. The minimum atomic E-state index is -0.149. The summed E-state index contributed by atoms with van der Waals surface area (Å²) in [5, 5.41) is 3.26. The number of piperidine rings is 1. The van der Waals surface area contributed by atoms with Crippen LogP contribution in [-0.4, -0.2) is 39.5 Å². The summed E-state index contributed by atoms with van der Waals surface area (Å²) in [7, 11) is 0. The van der Waals surface area contributed by atoms with E-state index >= 15 is 0 Å². The molecule has 23 heavy (non-hydrogen) atoms. The summed E-state index contributed by atoms with van der Waals surface area (Å²) in [6.07, 6.45) is 9.52. The van der Waals surface area contributed by atoms with Crippen LogP contribution < -0.4 is 10.2 Å². The zero-order valence-electron chi connectivity index (χ0n) is 12.9. The van der Waals surface area contributed by atoms with Crippen LogP contribution in [0.1, 0.15) is 30.7 Å². The van der Waals surface area contributed by atoms with E-state index in [1.807, 2.05) is 18.2 Å². The highest BCUT2D eigenvalue weighted by molar-refractivity contribution is 5.81. The Morgan fingerprint density at radius 2 is 1.78 bits per heavy atom. The van der Waals surface area contributed by atoms with Crippen LogP contribution in [0.5, 0.6) is 0 Å². The van der Waals surface area contributed by atoms with Crippen molar-refractivity contribution in [3.63, 3.8) is 0 Å². The van der Waals surface area contributed by atoms with Crippen molar-refractivity contribution in [2.45, 2.75) is 30.7 Å². The van der Waals surface area contributed by atoms with Gasteiger partial charge in [0.2, 0.25) is 11.9 Å². The fourth-order valence-corrected chi connectivity index (χ4v) is 3.86. The molecule has 2 fully saturated rings. The molecule has 2 aliphatic rings. The van der Waals surface area contributed by atoms with Gasteiger partial charge in [0, 0.05) is 50.2 Å². The number of carbonyl (C=O) groups is 1. The molecule has 0 radical (unpaired) electrons. The largest absolute Gasteiger partial charge is 0.350 e. The number of pyridine rings is 1. The van der Waals surface area contributed by atoms with Gasteiger partial charge >= 0.3 is 0 Å². The van der Waals surface area contributed by atoms with Crippen molar-refractivity contribution in [2.24, 2.45) is 0 Å². The fraction of sp³-hybridized carbons (Fsp3) is 0.412. The molecule has 118 valence electrons. The minimum Gasteiger partial charge on any atom is -0.350 e. The number of anilines is 1. The molecule has 4 heterocycles. The van der Waals surface area contributed by atoms with E-state index in [9.17, 15) is 4.79 Å². The average molecular weight is 309 g/mol. The van der Waals surface area contributed by atoms with Crippen molar-refractivity contribution >= 4 is 11.9 Å². The van der Waals surface area contributed by atoms with E-state index in [-0.39, 0.29) is 17.4 Å². The highest BCUT2D eigenvalue weighted by atomic mass is 16.2. The average Bonchev–Trinajstić information content (AvgIpc) is 2.93. The molecule has 0 unspecified atom stereocenters. The number of carbonyl (C=O) groups excluding carboxylic acids is 1. The van der Waals surface area contributed by atoms with E-state index in [0.29, 0.717) is 6.42 Å². The molecule has 6 heteroatoms. The van der Waals surface area contributed by atoms with Crippen molar-refractivity contribution < 1.29 is 4.79 Å². The fourth-order valence-electron chi connectivity index (χ4n) is 3.86. The van der Waals surface area contributed by atoms with Crippen molar-refractivity contribution in [1.29, 1.82) is 0 Å². The first kappa shape index (κ1) is 14.1. The number of rotatable bonds is 2. The van der Waals surface area contributed by atoms with Crippen molar-refractivity contribution in [3.05, 3.63) is 48.5 Å². The summed E-state index contributed by atoms with van der Waals surface area (Å²) in [4.78, 5) is 27.0. The molecule has 2 saturated heterocycles. The van der Waals surface area contributed by atoms with E-state index in [1.54, 1.807) is 24.8 Å². The van der Waals surface area contributed by atoms with E-state index in [4.69, 9.17) is 0 Å². The molecule has 1 N–H and O–H groups in total. The standard InChI is InChI=1S/C17H19N5O/c23-15-12-14(13-2-8-18-9-3-13)17(21-15)4-10-22(11-5-17)16-19-6-1-7-20-16/h1-3,6-9,14H,4-5,10-12H2,(H,21,23)/t14-/m1/s1. The van der Waals surface area contributed by atoms with E-state index < -0.39 is 0 Å². The molecule has 0 bridgehead atoms. The maximum atomic E-state index is 12.1. The van der Waals surface area contributed by atoms with Crippen LogP contribution >= 0.6 is 0 Å². The monoisotopic (exact) mass is 309 g/mol. The molecule has 2 aromatic rings. The second-order valence-corrected chi connectivity index (χ2v) is 6.28. The molecule has 0 aliphatic carbocycles. The Morgan fingerprint density at radius 1 is 1.09 bits per heavy atom. The maximum Gasteiger partial charge on any atom is 0.225 e. The third kappa shape index (κ3) is 2.54. The smallest absolute Gasteiger partial charge is 0.225 e. The molecule has 6 nitrogen and oxygen atoms in total. The summed E-state index contributed by atoms with van der Waals surface area (Å²) >= 11 is 0. The number of nitrogens with one attached hydrogen (secondary N) is 1. The van der Waals surface area contributed by atoms with Gasteiger partial charge in [0.1, 0.15) is 0 Å². The topological polar surface area (TPSA) is 71.0 Å². The van der Waals surface area contributed by atoms with Crippen molar-refractivity contribution in [1.82, 2.24) is 20.3 Å². The van der Waals surface area contributed by atoms with Gasteiger partial charge in [-0.3, -0.25) is 9.78 Å². The van der Waals surface area contributed by atoms with Gasteiger partial charge in [-0.05, 0) is 36.6 Å².